The quantitative estimate of drug-likeness (QED) is 0.619. The van der Waals surface area contributed by atoms with Gasteiger partial charge in [-0.2, -0.15) is 0 Å². The molecule has 86 valence electrons. The van der Waals surface area contributed by atoms with Crippen molar-refractivity contribution in [3.05, 3.63) is 0 Å². The maximum Gasteiger partial charge on any atom is 0.0518 e. The Labute approximate surface area is 89.4 Å². The van der Waals surface area contributed by atoms with Crippen molar-refractivity contribution in [3.63, 3.8) is 0 Å². The zero-order valence-electron chi connectivity index (χ0n) is 10.3. The highest BCUT2D eigenvalue weighted by Gasteiger charge is 2.07. The summed E-state index contributed by atoms with van der Waals surface area (Å²) in [4.78, 5) is 0. The molecule has 1 unspecified atom stereocenters. The summed E-state index contributed by atoms with van der Waals surface area (Å²) in [6.07, 6.45) is 4.15. The summed E-state index contributed by atoms with van der Waals surface area (Å²) < 4.78 is 5.57. The first-order chi connectivity index (χ1) is 6.70. The average molecular weight is 201 g/mol. The van der Waals surface area contributed by atoms with Crippen LogP contribution in [-0.4, -0.2) is 25.8 Å². The van der Waals surface area contributed by atoms with Crippen LogP contribution in [0.5, 0.6) is 0 Å². The van der Waals surface area contributed by atoms with Gasteiger partial charge in [0.05, 0.1) is 6.10 Å². The first-order valence-electron chi connectivity index (χ1n) is 6.03. The van der Waals surface area contributed by atoms with Gasteiger partial charge in [-0.15, -0.1) is 0 Å². The topological polar surface area (TPSA) is 21.3 Å². The first-order valence-corrected chi connectivity index (χ1v) is 6.03. The number of nitrogens with one attached hydrogen (secondary N) is 1. The molecule has 14 heavy (non-hydrogen) atoms. The predicted octanol–water partition coefficient (Wildman–Crippen LogP) is 2.83. The summed E-state index contributed by atoms with van der Waals surface area (Å²) in [5.41, 5.74) is 0. The Hall–Kier alpha value is -0.0800. The number of rotatable bonds is 9. The summed E-state index contributed by atoms with van der Waals surface area (Å²) in [7, 11) is 0. The van der Waals surface area contributed by atoms with Crippen molar-refractivity contribution in [2.24, 2.45) is 5.92 Å². The van der Waals surface area contributed by atoms with Gasteiger partial charge >= 0.3 is 0 Å². The molecule has 0 amide bonds. The molecule has 1 atom stereocenters. The number of ether oxygens (including phenoxy) is 1. The molecule has 0 aliphatic carbocycles. The van der Waals surface area contributed by atoms with Gasteiger partial charge in [-0.05, 0) is 45.7 Å². The number of hydrogen-bond acceptors (Lipinski definition) is 2. The van der Waals surface area contributed by atoms with Crippen molar-refractivity contribution >= 4 is 0 Å². The van der Waals surface area contributed by atoms with E-state index in [9.17, 15) is 0 Å². The van der Waals surface area contributed by atoms with Crippen molar-refractivity contribution in [2.75, 3.05) is 19.7 Å². The Morgan fingerprint density at radius 3 is 2.36 bits per heavy atom. The summed E-state index contributed by atoms with van der Waals surface area (Å²) in [5.74, 6) is 0.790. The average Bonchev–Trinajstić information content (AvgIpc) is 2.13. The standard InChI is InChI=1S/C12H27NO/c1-5-7-12(10-13-6-2)8-9-14-11(3)4/h11-13H,5-10H2,1-4H3. The molecule has 0 rings (SSSR count). The van der Waals surface area contributed by atoms with Gasteiger partial charge in [0, 0.05) is 6.61 Å². The predicted molar refractivity (Wildman–Crippen MR) is 62.6 cm³/mol. The van der Waals surface area contributed by atoms with Crippen LogP contribution in [0.25, 0.3) is 0 Å². The molecular formula is C12H27NO. The molecular weight excluding hydrogens is 174 g/mol. The Morgan fingerprint density at radius 2 is 1.86 bits per heavy atom. The van der Waals surface area contributed by atoms with E-state index in [2.05, 4.69) is 33.0 Å². The molecule has 0 bridgehead atoms. The van der Waals surface area contributed by atoms with E-state index in [-0.39, 0.29) is 0 Å². The van der Waals surface area contributed by atoms with Crippen LogP contribution in [-0.2, 0) is 4.74 Å². The molecule has 0 saturated heterocycles. The van der Waals surface area contributed by atoms with Crippen molar-refractivity contribution in [1.29, 1.82) is 0 Å². The van der Waals surface area contributed by atoms with E-state index in [4.69, 9.17) is 4.74 Å². The Bertz CT molecular complexity index is 115. The Morgan fingerprint density at radius 1 is 1.14 bits per heavy atom. The zero-order chi connectivity index (χ0) is 10.8. The lowest BCUT2D eigenvalue weighted by atomic mass is 10.0. The van der Waals surface area contributed by atoms with Gasteiger partial charge in [-0.3, -0.25) is 0 Å². The van der Waals surface area contributed by atoms with E-state index in [0.29, 0.717) is 6.10 Å². The highest BCUT2D eigenvalue weighted by molar-refractivity contribution is 4.61. The first kappa shape index (κ1) is 13.9. The summed E-state index contributed by atoms with van der Waals surface area (Å²) >= 11 is 0. The fraction of sp³-hybridized carbons (Fsp3) is 1.00. The van der Waals surface area contributed by atoms with Crippen LogP contribution in [0.15, 0.2) is 0 Å². The second-order valence-electron chi connectivity index (χ2n) is 4.17. The Kier molecular flexibility index (Phi) is 9.42. The van der Waals surface area contributed by atoms with Crippen LogP contribution in [0.3, 0.4) is 0 Å². The third-order valence-electron chi connectivity index (χ3n) is 2.36. The summed E-state index contributed by atoms with van der Waals surface area (Å²) in [6, 6.07) is 0. The molecule has 2 nitrogen and oxygen atoms in total. The second-order valence-corrected chi connectivity index (χ2v) is 4.17. The van der Waals surface area contributed by atoms with Gasteiger partial charge in [-0.25, -0.2) is 0 Å². The van der Waals surface area contributed by atoms with Crippen molar-refractivity contribution < 1.29 is 4.74 Å². The second kappa shape index (κ2) is 9.47. The smallest absolute Gasteiger partial charge is 0.0518 e. The van der Waals surface area contributed by atoms with Gasteiger partial charge in [0.1, 0.15) is 0 Å². The molecule has 0 heterocycles. The zero-order valence-corrected chi connectivity index (χ0v) is 10.3. The molecule has 1 N–H and O–H groups in total. The SMILES string of the molecule is CCCC(CCOC(C)C)CNCC. The van der Waals surface area contributed by atoms with E-state index in [0.717, 1.165) is 25.6 Å². The molecule has 0 aromatic heterocycles. The van der Waals surface area contributed by atoms with Crippen LogP contribution >= 0.6 is 0 Å². The third kappa shape index (κ3) is 8.52. The maximum atomic E-state index is 5.57. The van der Waals surface area contributed by atoms with E-state index in [1.807, 2.05) is 0 Å². The van der Waals surface area contributed by atoms with Crippen LogP contribution < -0.4 is 5.32 Å². The number of hydrogen-bond donors (Lipinski definition) is 1. The van der Waals surface area contributed by atoms with Crippen LogP contribution in [0.1, 0.15) is 47.0 Å². The van der Waals surface area contributed by atoms with E-state index in [1.54, 1.807) is 0 Å². The van der Waals surface area contributed by atoms with Crippen LogP contribution in [0.4, 0.5) is 0 Å². The molecule has 0 aromatic rings. The normalized spacial score (nSPS) is 13.5. The molecule has 0 radical (unpaired) electrons. The van der Waals surface area contributed by atoms with Gasteiger partial charge in [0.15, 0.2) is 0 Å². The summed E-state index contributed by atoms with van der Waals surface area (Å²) in [5, 5.41) is 3.42. The largest absolute Gasteiger partial charge is 0.379 e. The van der Waals surface area contributed by atoms with Gasteiger partial charge in [0.25, 0.3) is 0 Å². The summed E-state index contributed by atoms with van der Waals surface area (Å²) in [6.45, 7) is 11.7. The minimum absolute atomic E-state index is 0.372. The molecule has 0 fully saturated rings. The Balaban J connectivity index is 3.50. The van der Waals surface area contributed by atoms with Crippen molar-refractivity contribution in [1.82, 2.24) is 5.32 Å². The van der Waals surface area contributed by atoms with E-state index in [1.165, 1.54) is 19.3 Å². The third-order valence-corrected chi connectivity index (χ3v) is 2.36. The van der Waals surface area contributed by atoms with Gasteiger partial charge < -0.3 is 10.1 Å². The minimum atomic E-state index is 0.372. The highest BCUT2D eigenvalue weighted by atomic mass is 16.5. The molecule has 0 saturated carbocycles. The fourth-order valence-corrected chi connectivity index (χ4v) is 1.58. The molecule has 0 aliphatic rings. The van der Waals surface area contributed by atoms with Crippen LogP contribution in [0.2, 0.25) is 0 Å². The lowest BCUT2D eigenvalue weighted by Gasteiger charge is -2.17. The van der Waals surface area contributed by atoms with Gasteiger partial charge in [-0.1, -0.05) is 20.3 Å². The molecule has 0 aromatic carbocycles. The molecule has 0 spiro atoms. The highest BCUT2D eigenvalue weighted by Crippen LogP contribution is 2.10. The lowest BCUT2D eigenvalue weighted by Crippen LogP contribution is -2.24. The van der Waals surface area contributed by atoms with E-state index >= 15 is 0 Å². The molecule has 0 aliphatic heterocycles. The molecule has 2 heteroatoms. The minimum Gasteiger partial charge on any atom is -0.379 e. The fourth-order valence-electron chi connectivity index (χ4n) is 1.58. The lowest BCUT2D eigenvalue weighted by molar-refractivity contribution is 0.0675. The van der Waals surface area contributed by atoms with Crippen molar-refractivity contribution in [3.8, 4) is 0 Å². The monoisotopic (exact) mass is 201 g/mol. The van der Waals surface area contributed by atoms with Crippen molar-refractivity contribution in [2.45, 2.75) is 53.1 Å². The van der Waals surface area contributed by atoms with Crippen LogP contribution in [0, 0.1) is 5.92 Å². The van der Waals surface area contributed by atoms with Gasteiger partial charge in [0.2, 0.25) is 0 Å². The van der Waals surface area contributed by atoms with E-state index < -0.39 is 0 Å². The maximum absolute atomic E-state index is 5.57.